The normalized spacial score (nSPS) is 16.6. The number of piperidine rings is 1. The van der Waals surface area contributed by atoms with E-state index in [9.17, 15) is 9.59 Å². The van der Waals surface area contributed by atoms with Gasteiger partial charge in [0.1, 0.15) is 5.82 Å². The van der Waals surface area contributed by atoms with Gasteiger partial charge in [0.15, 0.2) is 0 Å². The molecule has 186 valence electrons. The molecule has 36 heavy (non-hydrogen) atoms. The van der Waals surface area contributed by atoms with Crippen LogP contribution >= 0.6 is 0 Å². The zero-order chi connectivity index (χ0) is 24.7. The van der Waals surface area contributed by atoms with Gasteiger partial charge in [0, 0.05) is 44.8 Å². The van der Waals surface area contributed by atoms with Crippen molar-refractivity contribution in [2.45, 2.75) is 19.3 Å². The van der Waals surface area contributed by atoms with Crippen molar-refractivity contribution in [3.8, 4) is 0 Å². The van der Waals surface area contributed by atoms with Gasteiger partial charge in [-0.3, -0.25) is 9.59 Å². The molecule has 0 spiro atoms. The molecule has 2 saturated heterocycles. The van der Waals surface area contributed by atoms with Gasteiger partial charge in [-0.15, -0.1) is 0 Å². The van der Waals surface area contributed by atoms with Crippen molar-refractivity contribution in [2.24, 2.45) is 5.92 Å². The highest BCUT2D eigenvalue weighted by molar-refractivity contribution is 6.05. The number of anilines is 2. The van der Waals surface area contributed by atoms with Gasteiger partial charge in [-0.05, 0) is 48.9 Å². The highest BCUT2D eigenvalue weighted by atomic mass is 16.2. The lowest BCUT2D eigenvalue weighted by atomic mass is 9.90. The van der Waals surface area contributed by atoms with Crippen molar-refractivity contribution in [3.63, 3.8) is 0 Å². The predicted octanol–water partition coefficient (Wildman–Crippen LogP) is 3.84. The molecule has 0 atom stereocenters. The number of pyridine rings is 1. The molecule has 5 rings (SSSR count). The average molecular weight is 484 g/mol. The number of likely N-dealkylation sites (tertiary alicyclic amines) is 1. The van der Waals surface area contributed by atoms with Gasteiger partial charge in [0.05, 0.1) is 17.4 Å². The van der Waals surface area contributed by atoms with E-state index in [1.54, 1.807) is 24.4 Å². The van der Waals surface area contributed by atoms with Crippen LogP contribution in [0.15, 0.2) is 72.9 Å². The quantitative estimate of drug-likeness (QED) is 0.557. The van der Waals surface area contributed by atoms with Crippen LogP contribution in [0.1, 0.15) is 39.1 Å². The number of piperazine rings is 1. The Bertz CT molecular complexity index is 1170. The summed E-state index contributed by atoms with van der Waals surface area (Å²) in [4.78, 5) is 35.3. The van der Waals surface area contributed by atoms with E-state index >= 15 is 0 Å². The van der Waals surface area contributed by atoms with Crippen molar-refractivity contribution in [2.75, 3.05) is 49.5 Å². The summed E-state index contributed by atoms with van der Waals surface area (Å²) >= 11 is 0. The van der Waals surface area contributed by atoms with E-state index in [0.29, 0.717) is 28.6 Å². The first kappa shape index (κ1) is 24.0. The van der Waals surface area contributed by atoms with Gasteiger partial charge in [0.2, 0.25) is 0 Å². The minimum Gasteiger partial charge on any atom is -0.353 e. The fourth-order valence-corrected chi connectivity index (χ4v) is 5.06. The SMILES string of the molecule is O=C(Nc1cnc(N2CCNCC2)c(C(=O)N2CCC(Cc3ccccc3)CC2)c1)c1ccccc1. The van der Waals surface area contributed by atoms with Crippen molar-refractivity contribution in [3.05, 3.63) is 89.6 Å². The number of carbonyl (C=O) groups is 2. The Balaban J connectivity index is 1.32. The predicted molar refractivity (Wildman–Crippen MR) is 142 cm³/mol. The number of carbonyl (C=O) groups excluding carboxylic acids is 2. The summed E-state index contributed by atoms with van der Waals surface area (Å²) in [6.07, 6.45) is 4.68. The monoisotopic (exact) mass is 483 g/mol. The van der Waals surface area contributed by atoms with Crippen molar-refractivity contribution in [1.29, 1.82) is 0 Å². The molecule has 0 bridgehead atoms. The van der Waals surface area contributed by atoms with Crippen LogP contribution < -0.4 is 15.5 Å². The number of nitrogens with zero attached hydrogens (tertiary/aromatic N) is 3. The fourth-order valence-electron chi connectivity index (χ4n) is 5.06. The standard InChI is InChI=1S/C29H33N5O2/c35-28(24-9-5-2-6-10-24)32-25-20-26(27(31-21-25)33-17-13-30-14-18-33)29(36)34-15-11-23(12-16-34)19-22-7-3-1-4-8-22/h1-10,20-21,23,30H,11-19H2,(H,32,35). The molecule has 0 saturated carbocycles. The molecule has 2 aromatic carbocycles. The van der Waals surface area contributed by atoms with Crippen LogP contribution in [0.2, 0.25) is 0 Å². The fraction of sp³-hybridized carbons (Fsp3) is 0.345. The Kier molecular flexibility index (Phi) is 7.57. The van der Waals surface area contributed by atoms with Crippen LogP contribution in [0, 0.1) is 5.92 Å². The van der Waals surface area contributed by atoms with Crippen LogP contribution in [0.3, 0.4) is 0 Å². The second kappa shape index (κ2) is 11.4. The summed E-state index contributed by atoms with van der Waals surface area (Å²) in [7, 11) is 0. The second-order valence-electron chi connectivity index (χ2n) is 9.58. The van der Waals surface area contributed by atoms with Crippen molar-refractivity contribution in [1.82, 2.24) is 15.2 Å². The molecule has 2 amide bonds. The van der Waals surface area contributed by atoms with E-state index < -0.39 is 0 Å². The Hall–Kier alpha value is -3.71. The third-order valence-electron chi connectivity index (χ3n) is 7.08. The van der Waals surface area contributed by atoms with Crippen LogP contribution in [0.5, 0.6) is 0 Å². The first-order valence-corrected chi connectivity index (χ1v) is 12.8. The van der Waals surface area contributed by atoms with Crippen LogP contribution in [-0.2, 0) is 6.42 Å². The molecule has 3 aromatic rings. The molecule has 1 aromatic heterocycles. The van der Waals surface area contributed by atoms with Gasteiger partial charge in [0.25, 0.3) is 11.8 Å². The molecule has 2 fully saturated rings. The molecule has 2 aliphatic rings. The summed E-state index contributed by atoms with van der Waals surface area (Å²) in [5.74, 6) is 1.06. The zero-order valence-corrected chi connectivity index (χ0v) is 20.5. The Morgan fingerprint density at radius 3 is 2.28 bits per heavy atom. The topological polar surface area (TPSA) is 77.6 Å². The number of nitrogens with one attached hydrogen (secondary N) is 2. The maximum absolute atomic E-state index is 13.8. The summed E-state index contributed by atoms with van der Waals surface area (Å²) < 4.78 is 0. The largest absolute Gasteiger partial charge is 0.353 e. The minimum absolute atomic E-state index is 0.00926. The molecule has 3 heterocycles. The number of benzene rings is 2. The summed E-state index contributed by atoms with van der Waals surface area (Å²) in [5.41, 5.74) is 3.01. The van der Waals surface area contributed by atoms with Crippen molar-refractivity contribution < 1.29 is 9.59 Å². The van der Waals surface area contributed by atoms with Crippen LogP contribution in [0.25, 0.3) is 0 Å². The summed E-state index contributed by atoms with van der Waals surface area (Å²) in [6.45, 7) is 4.76. The number of hydrogen-bond acceptors (Lipinski definition) is 5. The van der Waals surface area contributed by atoms with E-state index in [1.807, 2.05) is 29.2 Å². The lowest BCUT2D eigenvalue weighted by molar-refractivity contribution is 0.0690. The van der Waals surface area contributed by atoms with Crippen molar-refractivity contribution >= 4 is 23.3 Å². The lowest BCUT2D eigenvalue weighted by Crippen LogP contribution is -2.45. The minimum atomic E-state index is -0.215. The van der Waals surface area contributed by atoms with Crippen LogP contribution in [0.4, 0.5) is 11.5 Å². The smallest absolute Gasteiger partial charge is 0.257 e. The molecular formula is C29H33N5O2. The van der Waals surface area contributed by atoms with E-state index in [2.05, 4.69) is 44.8 Å². The van der Waals surface area contributed by atoms with Gasteiger partial charge in [-0.1, -0.05) is 48.5 Å². The maximum atomic E-state index is 13.8. The molecule has 0 unspecified atom stereocenters. The van der Waals surface area contributed by atoms with E-state index in [-0.39, 0.29) is 11.8 Å². The number of hydrogen-bond donors (Lipinski definition) is 2. The molecule has 0 aliphatic carbocycles. The van der Waals surface area contributed by atoms with Gasteiger partial charge in [-0.2, -0.15) is 0 Å². The van der Waals surface area contributed by atoms with E-state index in [0.717, 1.165) is 58.5 Å². The molecule has 7 nitrogen and oxygen atoms in total. The molecule has 7 heteroatoms. The molecule has 2 N–H and O–H groups in total. The second-order valence-corrected chi connectivity index (χ2v) is 9.58. The first-order chi connectivity index (χ1) is 17.7. The lowest BCUT2D eigenvalue weighted by Gasteiger charge is -2.34. The average Bonchev–Trinajstić information content (AvgIpc) is 2.94. The summed E-state index contributed by atoms with van der Waals surface area (Å²) in [6, 6.07) is 21.4. The van der Waals surface area contributed by atoms with E-state index in [4.69, 9.17) is 0 Å². The number of amides is 2. The van der Waals surface area contributed by atoms with Gasteiger partial charge in [-0.25, -0.2) is 4.98 Å². The molecule has 2 aliphatic heterocycles. The Morgan fingerprint density at radius 2 is 1.58 bits per heavy atom. The third kappa shape index (κ3) is 5.74. The Morgan fingerprint density at radius 1 is 0.917 bits per heavy atom. The third-order valence-corrected chi connectivity index (χ3v) is 7.08. The first-order valence-electron chi connectivity index (χ1n) is 12.8. The Labute approximate surface area is 212 Å². The maximum Gasteiger partial charge on any atom is 0.257 e. The molecule has 0 radical (unpaired) electrons. The van der Waals surface area contributed by atoms with Gasteiger partial charge < -0.3 is 20.4 Å². The van der Waals surface area contributed by atoms with E-state index in [1.165, 1.54) is 5.56 Å². The highest BCUT2D eigenvalue weighted by Gasteiger charge is 2.28. The van der Waals surface area contributed by atoms with Gasteiger partial charge >= 0.3 is 0 Å². The number of aromatic nitrogens is 1. The summed E-state index contributed by atoms with van der Waals surface area (Å²) in [5, 5.41) is 6.27. The molecular weight excluding hydrogens is 450 g/mol. The number of rotatable bonds is 6. The highest BCUT2D eigenvalue weighted by Crippen LogP contribution is 2.27. The van der Waals surface area contributed by atoms with Crippen LogP contribution in [-0.4, -0.2) is 61.0 Å². The zero-order valence-electron chi connectivity index (χ0n) is 20.5.